The Morgan fingerprint density at radius 2 is 2.32 bits per heavy atom. The molecule has 2 aliphatic rings. The molecule has 5 nitrogen and oxygen atoms in total. The summed E-state index contributed by atoms with van der Waals surface area (Å²) in [4.78, 5) is 6.99. The van der Waals surface area contributed by atoms with Gasteiger partial charge in [0.05, 0.1) is 0 Å². The van der Waals surface area contributed by atoms with Crippen molar-refractivity contribution < 1.29 is 0 Å². The van der Waals surface area contributed by atoms with Crippen molar-refractivity contribution in [2.24, 2.45) is 5.92 Å². The van der Waals surface area contributed by atoms with Gasteiger partial charge in [0.25, 0.3) is 0 Å². The van der Waals surface area contributed by atoms with E-state index in [0.29, 0.717) is 6.04 Å². The SMILES string of the molecule is Cc1ccn2nc(N3C[C@@H]4CCCN[C@@H]4C3)nc2c1. The van der Waals surface area contributed by atoms with E-state index in [9.17, 15) is 0 Å². The maximum Gasteiger partial charge on any atom is 0.245 e. The Kier molecular flexibility index (Phi) is 2.48. The van der Waals surface area contributed by atoms with E-state index < -0.39 is 0 Å². The number of nitrogens with zero attached hydrogens (tertiary/aromatic N) is 4. The van der Waals surface area contributed by atoms with Crippen LogP contribution >= 0.6 is 0 Å². The maximum absolute atomic E-state index is 4.66. The van der Waals surface area contributed by atoms with Crippen LogP contribution in [0.4, 0.5) is 5.95 Å². The summed E-state index contributed by atoms with van der Waals surface area (Å²) < 4.78 is 1.87. The zero-order valence-corrected chi connectivity index (χ0v) is 11.2. The van der Waals surface area contributed by atoms with Crippen LogP contribution in [0.3, 0.4) is 0 Å². The first-order valence-electron chi connectivity index (χ1n) is 7.11. The predicted octanol–water partition coefficient (Wildman–Crippen LogP) is 1.23. The van der Waals surface area contributed by atoms with E-state index >= 15 is 0 Å². The van der Waals surface area contributed by atoms with Crippen molar-refractivity contribution in [3.63, 3.8) is 0 Å². The van der Waals surface area contributed by atoms with Gasteiger partial charge in [-0.25, -0.2) is 4.52 Å². The molecule has 0 saturated carbocycles. The van der Waals surface area contributed by atoms with Crippen molar-refractivity contribution in [1.29, 1.82) is 0 Å². The van der Waals surface area contributed by atoms with E-state index in [-0.39, 0.29) is 0 Å². The zero-order valence-electron chi connectivity index (χ0n) is 11.2. The molecule has 4 heterocycles. The largest absolute Gasteiger partial charge is 0.338 e. The Balaban J connectivity index is 1.64. The molecule has 5 heteroatoms. The molecule has 2 saturated heterocycles. The van der Waals surface area contributed by atoms with Crippen LogP contribution in [0.15, 0.2) is 18.3 Å². The Morgan fingerprint density at radius 1 is 1.37 bits per heavy atom. The quantitative estimate of drug-likeness (QED) is 0.834. The summed E-state index contributed by atoms with van der Waals surface area (Å²) in [6.45, 7) is 5.38. The Labute approximate surface area is 112 Å². The van der Waals surface area contributed by atoms with Crippen LogP contribution in [0.2, 0.25) is 0 Å². The lowest BCUT2D eigenvalue weighted by molar-refractivity contribution is 0.340. The Bertz CT molecular complexity index is 591. The second kappa shape index (κ2) is 4.20. The van der Waals surface area contributed by atoms with Crippen molar-refractivity contribution >= 4 is 11.6 Å². The molecule has 0 aromatic carbocycles. The van der Waals surface area contributed by atoms with E-state index in [1.54, 1.807) is 0 Å². The van der Waals surface area contributed by atoms with Gasteiger partial charge in [-0.1, -0.05) is 0 Å². The maximum atomic E-state index is 4.66. The van der Waals surface area contributed by atoms with Gasteiger partial charge in [-0.15, -0.1) is 5.10 Å². The average Bonchev–Trinajstić information content (AvgIpc) is 3.00. The van der Waals surface area contributed by atoms with Gasteiger partial charge >= 0.3 is 0 Å². The van der Waals surface area contributed by atoms with Crippen LogP contribution < -0.4 is 10.2 Å². The van der Waals surface area contributed by atoms with Crippen molar-refractivity contribution in [3.8, 4) is 0 Å². The van der Waals surface area contributed by atoms with Crippen LogP contribution in [0.25, 0.3) is 5.65 Å². The standard InChI is InChI=1S/C14H19N5/c1-10-4-6-19-13(7-10)16-14(17-19)18-8-11-3-2-5-15-12(11)9-18/h4,6-7,11-12,15H,2-3,5,8-9H2,1H3/t11-,12+/m0/s1. The number of hydrogen-bond acceptors (Lipinski definition) is 4. The van der Waals surface area contributed by atoms with Gasteiger partial charge < -0.3 is 10.2 Å². The zero-order chi connectivity index (χ0) is 12.8. The molecule has 4 rings (SSSR count). The molecule has 0 unspecified atom stereocenters. The first kappa shape index (κ1) is 11.2. The van der Waals surface area contributed by atoms with Gasteiger partial charge in [-0.05, 0) is 49.9 Å². The smallest absolute Gasteiger partial charge is 0.245 e. The Hall–Kier alpha value is -1.62. The molecule has 0 amide bonds. The fourth-order valence-electron chi connectivity index (χ4n) is 3.32. The van der Waals surface area contributed by atoms with E-state index in [4.69, 9.17) is 0 Å². The van der Waals surface area contributed by atoms with Gasteiger partial charge in [-0.2, -0.15) is 4.98 Å². The summed E-state index contributed by atoms with van der Waals surface area (Å²) in [5, 5.41) is 8.22. The molecule has 2 atom stereocenters. The minimum atomic E-state index is 0.627. The summed E-state index contributed by atoms with van der Waals surface area (Å²) >= 11 is 0. The lowest BCUT2D eigenvalue weighted by Gasteiger charge is -2.24. The fourth-order valence-corrected chi connectivity index (χ4v) is 3.32. The van der Waals surface area contributed by atoms with Crippen molar-refractivity contribution in [1.82, 2.24) is 19.9 Å². The summed E-state index contributed by atoms with van der Waals surface area (Å²) in [5.74, 6) is 1.64. The number of anilines is 1. The van der Waals surface area contributed by atoms with Crippen molar-refractivity contribution in [3.05, 3.63) is 23.9 Å². The number of aromatic nitrogens is 3. The third kappa shape index (κ3) is 1.89. The molecule has 2 aromatic rings. The summed E-state index contributed by atoms with van der Waals surface area (Å²) in [6, 6.07) is 4.77. The number of fused-ring (bicyclic) bond motifs is 2. The lowest BCUT2D eigenvalue weighted by atomic mass is 9.94. The van der Waals surface area contributed by atoms with E-state index in [2.05, 4.69) is 39.4 Å². The van der Waals surface area contributed by atoms with Gasteiger partial charge in [0.2, 0.25) is 5.95 Å². The van der Waals surface area contributed by atoms with Crippen molar-refractivity contribution in [2.45, 2.75) is 25.8 Å². The van der Waals surface area contributed by atoms with Crippen LogP contribution in [0, 0.1) is 12.8 Å². The number of nitrogens with one attached hydrogen (secondary N) is 1. The van der Waals surface area contributed by atoms with Gasteiger partial charge in [0, 0.05) is 25.3 Å². The molecule has 1 N–H and O–H groups in total. The fraction of sp³-hybridized carbons (Fsp3) is 0.571. The highest BCUT2D eigenvalue weighted by atomic mass is 15.4. The number of pyridine rings is 1. The highest BCUT2D eigenvalue weighted by Crippen LogP contribution is 2.27. The van der Waals surface area contributed by atoms with Crippen LogP contribution in [-0.2, 0) is 0 Å². The molecule has 0 bridgehead atoms. The molecular formula is C14H19N5. The molecular weight excluding hydrogens is 238 g/mol. The second-order valence-corrected chi connectivity index (χ2v) is 5.79. The second-order valence-electron chi connectivity index (χ2n) is 5.79. The lowest BCUT2D eigenvalue weighted by Crippen LogP contribution is -2.40. The number of aryl methyl sites for hydroxylation is 1. The van der Waals surface area contributed by atoms with Crippen LogP contribution in [0.5, 0.6) is 0 Å². The van der Waals surface area contributed by atoms with Crippen LogP contribution in [-0.4, -0.2) is 40.3 Å². The predicted molar refractivity (Wildman–Crippen MR) is 74.5 cm³/mol. The highest BCUT2D eigenvalue weighted by Gasteiger charge is 2.35. The summed E-state index contributed by atoms with van der Waals surface area (Å²) in [6.07, 6.45) is 4.62. The summed E-state index contributed by atoms with van der Waals surface area (Å²) in [7, 11) is 0. The summed E-state index contributed by atoms with van der Waals surface area (Å²) in [5.41, 5.74) is 2.17. The van der Waals surface area contributed by atoms with Gasteiger partial charge in [-0.3, -0.25) is 0 Å². The van der Waals surface area contributed by atoms with Gasteiger partial charge in [0.1, 0.15) is 0 Å². The molecule has 2 aliphatic heterocycles. The number of hydrogen-bond donors (Lipinski definition) is 1. The van der Waals surface area contributed by atoms with Gasteiger partial charge in [0.15, 0.2) is 5.65 Å². The van der Waals surface area contributed by atoms with Crippen LogP contribution in [0.1, 0.15) is 18.4 Å². The molecule has 19 heavy (non-hydrogen) atoms. The molecule has 2 aromatic heterocycles. The first-order chi connectivity index (χ1) is 9.29. The third-order valence-electron chi connectivity index (χ3n) is 4.36. The molecule has 0 radical (unpaired) electrons. The monoisotopic (exact) mass is 257 g/mol. The van der Waals surface area contributed by atoms with E-state index in [1.165, 1.54) is 18.4 Å². The normalized spacial score (nSPS) is 26.9. The minimum Gasteiger partial charge on any atom is -0.338 e. The topological polar surface area (TPSA) is 45.5 Å². The van der Waals surface area contributed by atoms with E-state index in [0.717, 1.165) is 37.1 Å². The molecule has 0 spiro atoms. The third-order valence-corrected chi connectivity index (χ3v) is 4.36. The average molecular weight is 257 g/mol. The number of rotatable bonds is 1. The molecule has 2 fully saturated rings. The first-order valence-corrected chi connectivity index (χ1v) is 7.11. The van der Waals surface area contributed by atoms with Crippen molar-refractivity contribution in [2.75, 3.05) is 24.5 Å². The van der Waals surface area contributed by atoms with E-state index in [1.807, 2.05) is 10.7 Å². The Morgan fingerprint density at radius 3 is 3.21 bits per heavy atom. The molecule has 100 valence electrons. The number of piperidine rings is 1. The molecule has 0 aliphatic carbocycles. The highest BCUT2D eigenvalue weighted by molar-refractivity contribution is 5.47. The minimum absolute atomic E-state index is 0.627.